The van der Waals surface area contributed by atoms with Crippen LogP contribution in [0.4, 0.5) is 0 Å². The van der Waals surface area contributed by atoms with Gasteiger partial charge in [-0.2, -0.15) is 8.42 Å². The summed E-state index contributed by atoms with van der Waals surface area (Å²) < 4.78 is 40.5. The van der Waals surface area contributed by atoms with Gasteiger partial charge in [-0.1, -0.05) is 0 Å². The van der Waals surface area contributed by atoms with Gasteiger partial charge in [-0.3, -0.25) is 4.55 Å². The van der Waals surface area contributed by atoms with E-state index in [9.17, 15) is 8.42 Å². The Bertz CT molecular complexity index is 441. The van der Waals surface area contributed by atoms with Crippen LogP contribution in [0.2, 0.25) is 0 Å². The van der Waals surface area contributed by atoms with Crippen molar-refractivity contribution in [3.63, 3.8) is 0 Å². The van der Waals surface area contributed by atoms with Crippen LogP contribution in [0.25, 0.3) is 0 Å². The first-order chi connectivity index (χ1) is 7.04. The van der Waals surface area contributed by atoms with Gasteiger partial charge in [0.15, 0.2) is 11.5 Å². The van der Waals surface area contributed by atoms with Crippen LogP contribution in [0, 0.1) is 0 Å². The summed E-state index contributed by atoms with van der Waals surface area (Å²) in [7, 11) is -3.92. The summed E-state index contributed by atoms with van der Waals surface area (Å²) in [5.41, 5.74) is 0. The van der Waals surface area contributed by atoms with E-state index in [2.05, 4.69) is 0 Å². The van der Waals surface area contributed by atoms with E-state index in [4.69, 9.17) is 14.0 Å². The quantitative estimate of drug-likeness (QED) is 0.642. The molecule has 1 aromatic rings. The molecule has 0 bridgehead atoms. The molecule has 0 aliphatic carbocycles. The van der Waals surface area contributed by atoms with Gasteiger partial charge in [-0.25, -0.2) is 0 Å². The average molecular weight is 274 g/mol. The zero-order chi connectivity index (χ0) is 10.9. The summed E-state index contributed by atoms with van der Waals surface area (Å²) in [6.07, 6.45) is -0.0808. The number of hydrogen-bond donors (Lipinski definition) is 1. The molecule has 0 spiro atoms. The standard InChI is InChI=1S/C8H10O5S2.Na.H/c9-15(10,11)2-1-6-3-12-7-4-14-5-8(7)13-6;;/h4-6H,1-3H2,(H,9,10,11);;. The van der Waals surface area contributed by atoms with Crippen molar-refractivity contribution in [2.45, 2.75) is 12.5 Å². The average Bonchev–Trinajstić information content (AvgIpc) is 2.60. The van der Waals surface area contributed by atoms with Crippen LogP contribution in [0.1, 0.15) is 6.42 Å². The van der Waals surface area contributed by atoms with Crippen LogP contribution in [-0.2, 0) is 10.1 Å². The Balaban J connectivity index is 0.00000128. The molecule has 0 saturated carbocycles. The second-order valence-electron chi connectivity index (χ2n) is 3.23. The predicted octanol–water partition coefficient (Wildman–Crippen LogP) is 0.517. The van der Waals surface area contributed by atoms with E-state index in [1.165, 1.54) is 11.3 Å². The van der Waals surface area contributed by atoms with Gasteiger partial charge in [0.05, 0.1) is 5.75 Å². The van der Waals surface area contributed by atoms with Crippen molar-refractivity contribution in [1.29, 1.82) is 0 Å². The number of hydrogen-bond acceptors (Lipinski definition) is 5. The zero-order valence-electron chi connectivity index (χ0n) is 7.75. The van der Waals surface area contributed by atoms with Crippen molar-refractivity contribution in [3.8, 4) is 11.5 Å². The van der Waals surface area contributed by atoms with Gasteiger partial charge in [-0.05, 0) is 0 Å². The third kappa shape index (κ3) is 3.90. The molecule has 1 aliphatic heterocycles. The van der Waals surface area contributed by atoms with Gasteiger partial charge in [0.25, 0.3) is 10.1 Å². The molecular weight excluding hydrogens is 263 g/mol. The number of thiophene rings is 1. The summed E-state index contributed by atoms with van der Waals surface area (Å²) in [5.74, 6) is 1.04. The minimum absolute atomic E-state index is 0. The summed E-state index contributed by atoms with van der Waals surface area (Å²) in [6.45, 7) is 0.319. The van der Waals surface area contributed by atoms with Gasteiger partial charge in [0, 0.05) is 17.2 Å². The molecule has 1 atom stereocenters. The zero-order valence-corrected chi connectivity index (χ0v) is 9.38. The van der Waals surface area contributed by atoms with E-state index in [1.807, 2.05) is 5.38 Å². The molecule has 16 heavy (non-hydrogen) atoms. The predicted molar refractivity (Wildman–Crippen MR) is 62.4 cm³/mol. The van der Waals surface area contributed by atoms with E-state index in [0.29, 0.717) is 18.1 Å². The van der Waals surface area contributed by atoms with Crippen LogP contribution >= 0.6 is 11.3 Å². The number of rotatable bonds is 3. The van der Waals surface area contributed by atoms with Crippen LogP contribution in [0.3, 0.4) is 0 Å². The molecule has 1 N–H and O–H groups in total. The Kier molecular flexibility index (Phi) is 5.09. The Labute approximate surface area is 120 Å². The summed E-state index contributed by atoms with van der Waals surface area (Å²) in [5, 5.41) is 3.63. The van der Waals surface area contributed by atoms with E-state index in [1.54, 1.807) is 5.38 Å². The van der Waals surface area contributed by atoms with Crippen molar-refractivity contribution < 1.29 is 22.4 Å². The van der Waals surface area contributed by atoms with E-state index in [0.717, 1.165) is 0 Å². The Morgan fingerprint density at radius 2 is 2.12 bits per heavy atom. The van der Waals surface area contributed by atoms with Gasteiger partial charge in [0.2, 0.25) is 0 Å². The number of ether oxygens (including phenoxy) is 2. The maximum absolute atomic E-state index is 10.5. The molecular formula is C8H11NaO5S2. The maximum atomic E-state index is 10.5. The molecule has 0 saturated heterocycles. The topological polar surface area (TPSA) is 72.8 Å². The molecule has 0 aromatic carbocycles. The third-order valence-electron chi connectivity index (χ3n) is 2.01. The first-order valence-corrected chi connectivity index (χ1v) is 6.90. The minimum atomic E-state index is -3.92. The first-order valence-electron chi connectivity index (χ1n) is 4.35. The number of fused-ring (bicyclic) bond motifs is 1. The summed E-state index contributed by atoms with van der Waals surface area (Å²) in [4.78, 5) is 0. The molecule has 1 aromatic heterocycles. The fourth-order valence-corrected chi connectivity index (χ4v) is 2.52. The molecule has 0 amide bonds. The molecule has 0 fully saturated rings. The van der Waals surface area contributed by atoms with Crippen molar-refractivity contribution in [2.75, 3.05) is 12.4 Å². The van der Waals surface area contributed by atoms with Gasteiger partial charge in [-0.15, -0.1) is 11.3 Å². The van der Waals surface area contributed by atoms with Crippen LogP contribution in [0.15, 0.2) is 10.8 Å². The van der Waals surface area contributed by atoms with E-state index in [-0.39, 0.29) is 47.8 Å². The second-order valence-corrected chi connectivity index (χ2v) is 5.54. The van der Waals surface area contributed by atoms with Crippen molar-refractivity contribution >= 4 is 51.0 Å². The molecule has 5 nitrogen and oxygen atoms in total. The van der Waals surface area contributed by atoms with Crippen LogP contribution in [-0.4, -0.2) is 61.0 Å². The second kappa shape index (κ2) is 5.70. The monoisotopic (exact) mass is 274 g/mol. The van der Waals surface area contributed by atoms with Gasteiger partial charge < -0.3 is 9.47 Å². The van der Waals surface area contributed by atoms with Crippen LogP contribution < -0.4 is 9.47 Å². The third-order valence-corrected chi connectivity index (χ3v) is 3.46. The molecule has 1 aliphatic rings. The molecule has 8 heteroatoms. The van der Waals surface area contributed by atoms with E-state index >= 15 is 0 Å². The van der Waals surface area contributed by atoms with Gasteiger partial charge in [0.1, 0.15) is 12.7 Å². The molecule has 2 rings (SSSR count). The SMILES string of the molecule is O=S(=O)(O)CCC1COc2cscc2O1.[NaH]. The summed E-state index contributed by atoms with van der Waals surface area (Å²) >= 11 is 1.46. The molecule has 86 valence electrons. The first kappa shape index (κ1) is 14.3. The normalized spacial score (nSPS) is 18.9. The van der Waals surface area contributed by atoms with E-state index < -0.39 is 10.1 Å². The Morgan fingerprint density at radius 3 is 2.81 bits per heavy atom. The fraction of sp³-hybridized carbons (Fsp3) is 0.500. The van der Waals surface area contributed by atoms with Crippen LogP contribution in [0.5, 0.6) is 11.5 Å². The van der Waals surface area contributed by atoms with Crippen molar-refractivity contribution in [1.82, 2.24) is 0 Å². The molecule has 2 heterocycles. The van der Waals surface area contributed by atoms with Gasteiger partial charge >= 0.3 is 29.6 Å². The summed E-state index contributed by atoms with van der Waals surface area (Å²) in [6, 6.07) is 0. The van der Waals surface area contributed by atoms with Crippen molar-refractivity contribution in [2.24, 2.45) is 0 Å². The Morgan fingerprint density at radius 1 is 1.44 bits per heavy atom. The molecule has 0 radical (unpaired) electrons. The Hall–Kier alpha value is 0.210. The fourth-order valence-electron chi connectivity index (χ4n) is 1.28. The van der Waals surface area contributed by atoms with Crippen molar-refractivity contribution in [3.05, 3.63) is 10.8 Å². The molecule has 1 unspecified atom stereocenters.